The molecule has 0 bridgehead atoms. The Kier molecular flexibility index (Phi) is 6.33. The third-order valence-electron chi connectivity index (χ3n) is 3.50. The number of amides is 1. The van der Waals surface area contributed by atoms with Crippen LogP contribution in [0.2, 0.25) is 0 Å². The van der Waals surface area contributed by atoms with Crippen LogP contribution in [0.25, 0.3) is 0 Å². The first-order valence-corrected chi connectivity index (χ1v) is 7.73. The molecule has 0 spiro atoms. The smallest absolute Gasteiger partial charge is 0.259 e. The molecule has 0 aliphatic rings. The molecule has 0 aliphatic carbocycles. The quantitative estimate of drug-likeness (QED) is 0.772. The molecule has 0 aliphatic heterocycles. The van der Waals surface area contributed by atoms with Crippen LogP contribution in [0.3, 0.4) is 0 Å². The van der Waals surface area contributed by atoms with Crippen molar-refractivity contribution in [2.75, 3.05) is 19.5 Å². The van der Waals surface area contributed by atoms with Gasteiger partial charge in [0.2, 0.25) is 0 Å². The SMILES string of the molecule is CCC(C)(CCBr)NC(=O)c1c(OC)cccc1OC. The summed E-state index contributed by atoms with van der Waals surface area (Å²) in [4.78, 5) is 12.6. The van der Waals surface area contributed by atoms with Crippen LogP contribution in [-0.4, -0.2) is 31.0 Å². The predicted octanol–water partition coefficient (Wildman–Crippen LogP) is 3.39. The number of ether oxygens (including phenoxy) is 2. The van der Waals surface area contributed by atoms with Crippen molar-refractivity contribution < 1.29 is 14.3 Å². The third kappa shape index (κ3) is 3.88. The summed E-state index contributed by atoms with van der Waals surface area (Å²) in [7, 11) is 3.09. The number of hydrogen-bond acceptors (Lipinski definition) is 3. The molecule has 0 saturated carbocycles. The Bertz CT molecular complexity index is 442. The first-order chi connectivity index (χ1) is 9.51. The normalized spacial score (nSPS) is 13.4. The minimum absolute atomic E-state index is 0.176. The van der Waals surface area contributed by atoms with E-state index in [0.717, 1.165) is 18.2 Å². The molecule has 20 heavy (non-hydrogen) atoms. The summed E-state index contributed by atoms with van der Waals surface area (Å²) >= 11 is 3.43. The standard InChI is InChI=1S/C15H22BrNO3/c1-5-15(2,9-10-16)17-14(18)13-11(19-3)7-6-8-12(13)20-4/h6-8H,5,9-10H2,1-4H3,(H,17,18). The number of nitrogens with one attached hydrogen (secondary N) is 1. The average molecular weight is 344 g/mol. The summed E-state index contributed by atoms with van der Waals surface area (Å²) < 4.78 is 10.5. The Labute approximate surface area is 129 Å². The van der Waals surface area contributed by atoms with E-state index in [1.165, 1.54) is 0 Å². The molecular formula is C15H22BrNO3. The fourth-order valence-corrected chi connectivity index (χ4v) is 2.82. The van der Waals surface area contributed by atoms with E-state index in [-0.39, 0.29) is 11.4 Å². The van der Waals surface area contributed by atoms with E-state index >= 15 is 0 Å². The molecule has 4 nitrogen and oxygen atoms in total. The van der Waals surface area contributed by atoms with Crippen molar-refractivity contribution in [3.05, 3.63) is 23.8 Å². The van der Waals surface area contributed by atoms with Crippen molar-refractivity contribution >= 4 is 21.8 Å². The van der Waals surface area contributed by atoms with E-state index in [1.807, 2.05) is 6.92 Å². The van der Waals surface area contributed by atoms with Crippen molar-refractivity contribution in [3.8, 4) is 11.5 Å². The zero-order valence-corrected chi connectivity index (χ0v) is 14.0. The molecule has 5 heteroatoms. The summed E-state index contributed by atoms with van der Waals surface area (Å²) in [5.74, 6) is 0.850. The molecule has 1 rings (SSSR count). The van der Waals surface area contributed by atoms with Crippen molar-refractivity contribution in [1.82, 2.24) is 5.32 Å². The van der Waals surface area contributed by atoms with Crippen LogP contribution in [0, 0.1) is 0 Å². The topological polar surface area (TPSA) is 47.6 Å². The fraction of sp³-hybridized carbons (Fsp3) is 0.533. The molecule has 1 amide bonds. The predicted molar refractivity (Wildman–Crippen MR) is 84.1 cm³/mol. The highest BCUT2D eigenvalue weighted by atomic mass is 79.9. The number of alkyl halides is 1. The Hall–Kier alpha value is -1.23. The largest absolute Gasteiger partial charge is 0.496 e. The molecule has 0 aromatic heterocycles. The zero-order chi connectivity index (χ0) is 15.2. The lowest BCUT2D eigenvalue weighted by Crippen LogP contribution is -2.46. The molecule has 1 N–H and O–H groups in total. The maximum absolute atomic E-state index is 12.6. The second kappa shape index (κ2) is 7.53. The Morgan fingerprint density at radius 3 is 2.25 bits per heavy atom. The maximum Gasteiger partial charge on any atom is 0.259 e. The lowest BCUT2D eigenvalue weighted by molar-refractivity contribution is 0.0895. The van der Waals surface area contributed by atoms with Crippen molar-refractivity contribution in [1.29, 1.82) is 0 Å². The Balaban J connectivity index is 3.08. The highest BCUT2D eigenvalue weighted by molar-refractivity contribution is 9.09. The maximum atomic E-state index is 12.6. The number of rotatable bonds is 7. The molecule has 0 fully saturated rings. The van der Waals surface area contributed by atoms with Crippen LogP contribution in [0.4, 0.5) is 0 Å². The summed E-state index contributed by atoms with van der Waals surface area (Å²) in [6.07, 6.45) is 1.70. The molecule has 1 aromatic carbocycles. The Morgan fingerprint density at radius 1 is 1.30 bits per heavy atom. The second-order valence-corrected chi connectivity index (χ2v) is 5.64. The van der Waals surface area contributed by atoms with Gasteiger partial charge in [0, 0.05) is 10.9 Å². The van der Waals surface area contributed by atoms with Crippen molar-refractivity contribution in [2.45, 2.75) is 32.2 Å². The molecule has 0 heterocycles. The van der Waals surface area contributed by atoms with E-state index in [4.69, 9.17) is 9.47 Å². The van der Waals surface area contributed by atoms with Crippen LogP contribution >= 0.6 is 15.9 Å². The molecule has 1 atom stereocenters. The van der Waals surface area contributed by atoms with Gasteiger partial charge in [-0.1, -0.05) is 28.9 Å². The number of carbonyl (C=O) groups is 1. The monoisotopic (exact) mass is 343 g/mol. The molecule has 112 valence electrons. The highest BCUT2D eigenvalue weighted by Gasteiger charge is 2.27. The lowest BCUT2D eigenvalue weighted by atomic mass is 9.95. The van der Waals surface area contributed by atoms with Gasteiger partial charge >= 0.3 is 0 Å². The number of hydrogen-bond donors (Lipinski definition) is 1. The number of halogens is 1. The van der Waals surface area contributed by atoms with Crippen LogP contribution in [-0.2, 0) is 0 Å². The third-order valence-corrected chi connectivity index (χ3v) is 3.89. The first kappa shape index (κ1) is 16.8. The number of carbonyl (C=O) groups excluding carboxylic acids is 1. The van der Waals surface area contributed by atoms with Gasteiger partial charge < -0.3 is 14.8 Å². The molecular weight excluding hydrogens is 322 g/mol. The lowest BCUT2D eigenvalue weighted by Gasteiger charge is -2.29. The summed E-state index contributed by atoms with van der Waals surface area (Å²) in [6.45, 7) is 4.09. The van der Waals surface area contributed by atoms with Gasteiger partial charge in [-0.05, 0) is 31.9 Å². The van der Waals surface area contributed by atoms with Crippen molar-refractivity contribution in [3.63, 3.8) is 0 Å². The minimum Gasteiger partial charge on any atom is -0.496 e. The van der Waals surface area contributed by atoms with Gasteiger partial charge in [-0.2, -0.15) is 0 Å². The van der Waals surface area contributed by atoms with E-state index in [1.54, 1.807) is 32.4 Å². The van der Waals surface area contributed by atoms with Crippen LogP contribution in [0.1, 0.15) is 37.0 Å². The van der Waals surface area contributed by atoms with Gasteiger partial charge in [-0.25, -0.2) is 0 Å². The summed E-state index contributed by atoms with van der Waals surface area (Å²) in [5.41, 5.74) is 0.179. The Morgan fingerprint density at radius 2 is 1.85 bits per heavy atom. The van der Waals surface area contributed by atoms with E-state index in [2.05, 4.69) is 28.2 Å². The molecule has 1 unspecified atom stereocenters. The zero-order valence-electron chi connectivity index (χ0n) is 12.5. The highest BCUT2D eigenvalue weighted by Crippen LogP contribution is 2.29. The van der Waals surface area contributed by atoms with Gasteiger partial charge in [0.25, 0.3) is 5.91 Å². The van der Waals surface area contributed by atoms with E-state index in [9.17, 15) is 4.79 Å². The fourth-order valence-electron chi connectivity index (χ4n) is 1.95. The summed E-state index contributed by atoms with van der Waals surface area (Å²) in [5, 5.41) is 3.91. The minimum atomic E-state index is -0.257. The van der Waals surface area contributed by atoms with E-state index < -0.39 is 0 Å². The van der Waals surface area contributed by atoms with Crippen LogP contribution in [0.5, 0.6) is 11.5 Å². The number of benzene rings is 1. The van der Waals surface area contributed by atoms with Gasteiger partial charge in [0.05, 0.1) is 14.2 Å². The van der Waals surface area contributed by atoms with Gasteiger partial charge in [-0.15, -0.1) is 0 Å². The molecule has 0 radical (unpaired) electrons. The molecule has 0 saturated heterocycles. The van der Waals surface area contributed by atoms with E-state index in [0.29, 0.717) is 17.1 Å². The second-order valence-electron chi connectivity index (χ2n) is 4.84. The van der Waals surface area contributed by atoms with Gasteiger partial charge in [0.1, 0.15) is 17.1 Å². The van der Waals surface area contributed by atoms with Gasteiger partial charge in [-0.3, -0.25) is 4.79 Å². The first-order valence-electron chi connectivity index (χ1n) is 6.60. The van der Waals surface area contributed by atoms with Crippen LogP contribution in [0.15, 0.2) is 18.2 Å². The van der Waals surface area contributed by atoms with Gasteiger partial charge in [0.15, 0.2) is 0 Å². The summed E-state index contributed by atoms with van der Waals surface area (Å²) in [6, 6.07) is 5.31. The van der Waals surface area contributed by atoms with Crippen LogP contribution < -0.4 is 14.8 Å². The number of methoxy groups -OCH3 is 2. The average Bonchev–Trinajstić information content (AvgIpc) is 2.46. The van der Waals surface area contributed by atoms with Crippen molar-refractivity contribution in [2.24, 2.45) is 0 Å². The molecule has 1 aromatic rings.